The number of nitrogens with one attached hydrogen (secondary N) is 1. The van der Waals surface area contributed by atoms with Gasteiger partial charge in [0.25, 0.3) is 0 Å². The van der Waals surface area contributed by atoms with Gasteiger partial charge in [-0.2, -0.15) is 0 Å². The van der Waals surface area contributed by atoms with Crippen molar-refractivity contribution >= 4 is 11.6 Å². The Kier molecular flexibility index (Phi) is 3.14. The molecule has 1 nitrogen and oxygen atoms in total. The van der Waals surface area contributed by atoms with Gasteiger partial charge in [0.05, 0.1) is 0 Å². The van der Waals surface area contributed by atoms with E-state index in [-0.39, 0.29) is 0 Å². The largest absolute Gasteiger partial charge is 0.317 e. The topological polar surface area (TPSA) is 12.0 Å². The second-order valence-electron chi connectivity index (χ2n) is 5.50. The van der Waals surface area contributed by atoms with Crippen molar-refractivity contribution in [3.8, 4) is 0 Å². The van der Waals surface area contributed by atoms with Crippen LogP contribution in [-0.4, -0.2) is 19.0 Å². The van der Waals surface area contributed by atoms with Crippen molar-refractivity contribution in [2.75, 3.05) is 19.0 Å². The summed E-state index contributed by atoms with van der Waals surface area (Å²) in [7, 11) is 0. The summed E-state index contributed by atoms with van der Waals surface area (Å²) in [5, 5.41) is 3.49. The Morgan fingerprint density at radius 3 is 2.76 bits per heavy atom. The van der Waals surface area contributed by atoms with E-state index in [0.717, 1.165) is 12.3 Å². The molecule has 0 saturated carbocycles. The van der Waals surface area contributed by atoms with E-state index < -0.39 is 0 Å². The molecule has 3 rings (SSSR count). The first-order valence-electron chi connectivity index (χ1n) is 6.72. The molecule has 1 heterocycles. The Bertz CT molecular complexity index is 396. The van der Waals surface area contributed by atoms with Crippen molar-refractivity contribution in [1.29, 1.82) is 0 Å². The molecule has 2 heteroatoms. The van der Waals surface area contributed by atoms with Gasteiger partial charge >= 0.3 is 0 Å². The Morgan fingerprint density at radius 1 is 1.24 bits per heavy atom. The minimum atomic E-state index is 0.457. The third kappa shape index (κ3) is 1.90. The van der Waals surface area contributed by atoms with Crippen molar-refractivity contribution in [2.45, 2.75) is 37.0 Å². The lowest BCUT2D eigenvalue weighted by Crippen LogP contribution is -2.38. The van der Waals surface area contributed by atoms with Crippen LogP contribution < -0.4 is 5.32 Å². The SMILES string of the molecule is ClCCC1CC2(CCNCC2)c2ccccc21. The molecule has 2 aliphatic rings. The first kappa shape index (κ1) is 11.6. The first-order chi connectivity index (χ1) is 8.36. The average Bonchev–Trinajstić information content (AvgIpc) is 2.66. The van der Waals surface area contributed by atoms with Crippen LogP contribution in [0.4, 0.5) is 0 Å². The van der Waals surface area contributed by atoms with Crippen LogP contribution >= 0.6 is 11.6 Å². The standard InChI is InChI=1S/C15H20ClN/c16-8-5-12-11-15(6-9-17-10-7-15)14-4-2-1-3-13(12)14/h1-4,12,17H,5-11H2. The molecular weight excluding hydrogens is 230 g/mol. The fourth-order valence-electron chi connectivity index (χ4n) is 3.80. The number of hydrogen-bond acceptors (Lipinski definition) is 1. The van der Waals surface area contributed by atoms with Gasteiger partial charge in [-0.15, -0.1) is 11.6 Å². The Balaban J connectivity index is 1.98. The smallest absolute Gasteiger partial charge is 0.0229 e. The van der Waals surface area contributed by atoms with E-state index in [1.54, 1.807) is 11.1 Å². The third-order valence-electron chi connectivity index (χ3n) is 4.63. The lowest BCUT2D eigenvalue weighted by Gasteiger charge is -2.35. The number of fused-ring (bicyclic) bond motifs is 2. The van der Waals surface area contributed by atoms with Crippen LogP contribution in [0.25, 0.3) is 0 Å². The molecule has 1 fully saturated rings. The second kappa shape index (κ2) is 4.62. The van der Waals surface area contributed by atoms with E-state index in [1.807, 2.05) is 0 Å². The molecular formula is C15H20ClN. The lowest BCUT2D eigenvalue weighted by atomic mass is 9.74. The van der Waals surface area contributed by atoms with E-state index in [0.29, 0.717) is 11.3 Å². The number of rotatable bonds is 2. The Morgan fingerprint density at radius 2 is 2.00 bits per heavy atom. The third-order valence-corrected chi connectivity index (χ3v) is 4.85. The Labute approximate surface area is 109 Å². The van der Waals surface area contributed by atoms with Gasteiger partial charge in [0.1, 0.15) is 0 Å². The van der Waals surface area contributed by atoms with E-state index in [4.69, 9.17) is 11.6 Å². The second-order valence-corrected chi connectivity index (χ2v) is 5.87. The molecule has 1 saturated heterocycles. The zero-order valence-electron chi connectivity index (χ0n) is 10.2. The van der Waals surface area contributed by atoms with Crippen LogP contribution in [0.1, 0.15) is 42.7 Å². The molecule has 1 unspecified atom stereocenters. The molecule has 1 atom stereocenters. The monoisotopic (exact) mass is 249 g/mol. The average molecular weight is 250 g/mol. The summed E-state index contributed by atoms with van der Waals surface area (Å²) in [6.45, 7) is 2.34. The number of hydrogen-bond donors (Lipinski definition) is 1. The highest BCUT2D eigenvalue weighted by Gasteiger charge is 2.43. The van der Waals surface area contributed by atoms with Gasteiger partial charge in [-0.05, 0) is 61.2 Å². The molecule has 1 spiro atoms. The molecule has 1 aromatic rings. The summed E-state index contributed by atoms with van der Waals surface area (Å²) >= 11 is 5.96. The van der Waals surface area contributed by atoms with Crippen molar-refractivity contribution in [2.24, 2.45) is 0 Å². The summed E-state index contributed by atoms with van der Waals surface area (Å²) in [4.78, 5) is 0. The molecule has 0 bridgehead atoms. The van der Waals surface area contributed by atoms with Crippen LogP contribution in [-0.2, 0) is 5.41 Å². The maximum atomic E-state index is 5.96. The van der Waals surface area contributed by atoms with E-state index in [9.17, 15) is 0 Å². The maximum Gasteiger partial charge on any atom is 0.0229 e. The normalized spacial score (nSPS) is 26.1. The lowest BCUT2D eigenvalue weighted by molar-refractivity contribution is 0.292. The van der Waals surface area contributed by atoms with Crippen LogP contribution in [0.3, 0.4) is 0 Å². The summed E-state index contributed by atoms with van der Waals surface area (Å²) in [5.74, 6) is 1.48. The minimum absolute atomic E-state index is 0.457. The predicted octanol–water partition coefficient (Wildman–Crippen LogP) is 3.42. The van der Waals surface area contributed by atoms with Gasteiger partial charge in [-0.1, -0.05) is 24.3 Å². The van der Waals surface area contributed by atoms with Crippen molar-refractivity contribution < 1.29 is 0 Å². The van der Waals surface area contributed by atoms with Gasteiger partial charge in [0.15, 0.2) is 0 Å². The first-order valence-corrected chi connectivity index (χ1v) is 7.25. The van der Waals surface area contributed by atoms with Crippen molar-refractivity contribution in [3.05, 3.63) is 35.4 Å². The van der Waals surface area contributed by atoms with Gasteiger partial charge in [-0.25, -0.2) is 0 Å². The fourth-order valence-corrected chi connectivity index (χ4v) is 4.06. The van der Waals surface area contributed by atoms with Crippen LogP contribution in [0.5, 0.6) is 0 Å². The van der Waals surface area contributed by atoms with Crippen LogP contribution in [0, 0.1) is 0 Å². The highest BCUT2D eigenvalue weighted by molar-refractivity contribution is 6.17. The summed E-state index contributed by atoms with van der Waals surface area (Å²) in [6.07, 6.45) is 5.04. The van der Waals surface area contributed by atoms with E-state index in [2.05, 4.69) is 29.6 Å². The summed E-state index contributed by atoms with van der Waals surface area (Å²) in [5.41, 5.74) is 3.66. The molecule has 1 N–H and O–H groups in total. The van der Waals surface area contributed by atoms with E-state index in [1.165, 1.54) is 32.4 Å². The molecule has 1 aromatic carbocycles. The molecule has 0 aromatic heterocycles. The molecule has 17 heavy (non-hydrogen) atoms. The van der Waals surface area contributed by atoms with Gasteiger partial charge in [0, 0.05) is 5.88 Å². The van der Waals surface area contributed by atoms with Gasteiger partial charge < -0.3 is 5.32 Å². The Hall–Kier alpha value is -0.530. The maximum absolute atomic E-state index is 5.96. The van der Waals surface area contributed by atoms with Gasteiger partial charge in [-0.3, -0.25) is 0 Å². The number of piperidine rings is 1. The quantitative estimate of drug-likeness (QED) is 0.792. The van der Waals surface area contributed by atoms with Crippen LogP contribution in [0.2, 0.25) is 0 Å². The molecule has 1 aliphatic carbocycles. The zero-order chi connectivity index (χ0) is 11.7. The zero-order valence-corrected chi connectivity index (χ0v) is 11.0. The highest BCUT2D eigenvalue weighted by atomic mass is 35.5. The fraction of sp³-hybridized carbons (Fsp3) is 0.600. The van der Waals surface area contributed by atoms with Crippen molar-refractivity contribution in [3.63, 3.8) is 0 Å². The molecule has 0 amide bonds. The summed E-state index contributed by atoms with van der Waals surface area (Å²) < 4.78 is 0. The molecule has 92 valence electrons. The van der Waals surface area contributed by atoms with E-state index >= 15 is 0 Å². The number of alkyl halides is 1. The van der Waals surface area contributed by atoms with Crippen molar-refractivity contribution in [1.82, 2.24) is 5.32 Å². The van der Waals surface area contributed by atoms with Gasteiger partial charge in [0.2, 0.25) is 0 Å². The minimum Gasteiger partial charge on any atom is -0.317 e. The predicted molar refractivity (Wildman–Crippen MR) is 72.9 cm³/mol. The highest BCUT2D eigenvalue weighted by Crippen LogP contribution is 2.51. The molecule has 1 aliphatic heterocycles. The number of benzene rings is 1. The summed E-state index contributed by atoms with van der Waals surface area (Å²) in [6, 6.07) is 9.06. The van der Waals surface area contributed by atoms with Crippen LogP contribution in [0.15, 0.2) is 24.3 Å². The molecule has 0 radical (unpaired) electrons. The number of halogens is 1.